The number of hydrogen-bond acceptors (Lipinski definition) is 3. The lowest BCUT2D eigenvalue weighted by molar-refractivity contribution is 0.408. The number of ether oxygens (including phenoxy) is 1. The van der Waals surface area contributed by atoms with Gasteiger partial charge in [0.2, 0.25) is 0 Å². The predicted molar refractivity (Wildman–Crippen MR) is 72.7 cm³/mol. The molecular formula is C14H17NOS. The molecule has 2 nitrogen and oxygen atoms in total. The van der Waals surface area contributed by atoms with Gasteiger partial charge in [-0.3, -0.25) is 0 Å². The standard InChI is InChI=1S/C14H17NOS/c1-10-3-4-14(16-2)12(7-10)8-13(15)11-5-6-17-9-11/h3-7,9,13H,8,15H2,1-2H3. The Hall–Kier alpha value is -1.32. The molecule has 1 heterocycles. The van der Waals surface area contributed by atoms with Crippen LogP contribution in [0.2, 0.25) is 0 Å². The van der Waals surface area contributed by atoms with Crippen molar-refractivity contribution in [3.63, 3.8) is 0 Å². The van der Waals surface area contributed by atoms with E-state index in [0.29, 0.717) is 0 Å². The summed E-state index contributed by atoms with van der Waals surface area (Å²) in [4.78, 5) is 0. The first kappa shape index (κ1) is 12.1. The highest BCUT2D eigenvalue weighted by atomic mass is 32.1. The van der Waals surface area contributed by atoms with Crippen molar-refractivity contribution < 1.29 is 4.74 Å². The van der Waals surface area contributed by atoms with Gasteiger partial charge in [-0.05, 0) is 47.4 Å². The molecule has 2 aromatic rings. The average Bonchev–Trinajstić information content (AvgIpc) is 2.83. The summed E-state index contributed by atoms with van der Waals surface area (Å²) in [6.45, 7) is 2.08. The van der Waals surface area contributed by atoms with Crippen LogP contribution in [-0.2, 0) is 6.42 Å². The number of rotatable bonds is 4. The summed E-state index contributed by atoms with van der Waals surface area (Å²) in [5.74, 6) is 0.918. The Labute approximate surface area is 106 Å². The summed E-state index contributed by atoms with van der Waals surface area (Å²) in [6.07, 6.45) is 0.807. The summed E-state index contributed by atoms with van der Waals surface area (Å²) in [6, 6.07) is 8.32. The zero-order valence-corrected chi connectivity index (χ0v) is 11.0. The van der Waals surface area contributed by atoms with Crippen molar-refractivity contribution in [2.24, 2.45) is 5.73 Å². The number of nitrogens with two attached hydrogens (primary N) is 1. The second-order valence-corrected chi connectivity index (χ2v) is 4.96. The zero-order chi connectivity index (χ0) is 12.3. The molecule has 1 aromatic carbocycles. The minimum absolute atomic E-state index is 0.0388. The van der Waals surface area contributed by atoms with E-state index in [-0.39, 0.29) is 6.04 Å². The molecule has 0 saturated carbocycles. The minimum Gasteiger partial charge on any atom is -0.496 e. The zero-order valence-electron chi connectivity index (χ0n) is 10.1. The lowest BCUT2D eigenvalue weighted by Gasteiger charge is -2.14. The molecule has 0 fully saturated rings. The Morgan fingerprint density at radius 3 is 2.82 bits per heavy atom. The summed E-state index contributed by atoms with van der Waals surface area (Å²) in [5.41, 5.74) is 9.80. The minimum atomic E-state index is 0.0388. The second-order valence-electron chi connectivity index (χ2n) is 4.18. The molecule has 0 saturated heterocycles. The molecule has 0 amide bonds. The summed E-state index contributed by atoms with van der Waals surface area (Å²) in [7, 11) is 1.70. The van der Waals surface area contributed by atoms with Crippen molar-refractivity contribution in [3.05, 3.63) is 51.7 Å². The van der Waals surface area contributed by atoms with E-state index in [1.807, 2.05) is 6.07 Å². The van der Waals surface area contributed by atoms with Crippen LogP contribution in [0.3, 0.4) is 0 Å². The molecule has 0 radical (unpaired) electrons. The van der Waals surface area contributed by atoms with Crippen LogP contribution in [0, 0.1) is 6.92 Å². The average molecular weight is 247 g/mol. The lowest BCUT2D eigenvalue weighted by Crippen LogP contribution is -2.13. The van der Waals surface area contributed by atoms with Crippen molar-refractivity contribution in [2.75, 3.05) is 7.11 Å². The second kappa shape index (κ2) is 5.34. The molecule has 90 valence electrons. The van der Waals surface area contributed by atoms with E-state index < -0.39 is 0 Å². The van der Waals surface area contributed by atoms with Gasteiger partial charge in [0.25, 0.3) is 0 Å². The SMILES string of the molecule is COc1ccc(C)cc1CC(N)c1ccsc1. The van der Waals surface area contributed by atoms with Crippen molar-refractivity contribution >= 4 is 11.3 Å². The maximum absolute atomic E-state index is 6.20. The maximum atomic E-state index is 6.20. The van der Waals surface area contributed by atoms with E-state index >= 15 is 0 Å². The lowest BCUT2D eigenvalue weighted by atomic mass is 10.00. The molecule has 0 aliphatic carbocycles. The third kappa shape index (κ3) is 2.87. The maximum Gasteiger partial charge on any atom is 0.122 e. The topological polar surface area (TPSA) is 35.2 Å². The first-order valence-corrected chi connectivity index (χ1v) is 6.56. The van der Waals surface area contributed by atoms with E-state index in [4.69, 9.17) is 10.5 Å². The highest BCUT2D eigenvalue weighted by molar-refractivity contribution is 7.07. The van der Waals surface area contributed by atoms with Crippen molar-refractivity contribution in [1.82, 2.24) is 0 Å². The fourth-order valence-electron chi connectivity index (χ4n) is 1.91. The van der Waals surface area contributed by atoms with Crippen LogP contribution in [0.5, 0.6) is 5.75 Å². The quantitative estimate of drug-likeness (QED) is 0.899. The van der Waals surface area contributed by atoms with Gasteiger partial charge in [0.15, 0.2) is 0 Å². The molecule has 0 aliphatic heterocycles. The van der Waals surface area contributed by atoms with Crippen LogP contribution in [-0.4, -0.2) is 7.11 Å². The monoisotopic (exact) mass is 247 g/mol. The van der Waals surface area contributed by atoms with Gasteiger partial charge in [-0.15, -0.1) is 0 Å². The third-order valence-corrected chi connectivity index (χ3v) is 3.55. The summed E-state index contributed by atoms with van der Waals surface area (Å²) >= 11 is 1.68. The van der Waals surface area contributed by atoms with E-state index in [9.17, 15) is 0 Å². The first-order chi connectivity index (χ1) is 8.20. The molecule has 3 heteroatoms. The number of benzene rings is 1. The Morgan fingerprint density at radius 2 is 2.18 bits per heavy atom. The molecule has 1 aromatic heterocycles. The van der Waals surface area contributed by atoms with Gasteiger partial charge in [-0.2, -0.15) is 11.3 Å². The Kier molecular flexibility index (Phi) is 3.82. The molecule has 17 heavy (non-hydrogen) atoms. The van der Waals surface area contributed by atoms with Crippen LogP contribution < -0.4 is 10.5 Å². The number of hydrogen-bond donors (Lipinski definition) is 1. The van der Waals surface area contributed by atoms with Crippen LogP contribution in [0.25, 0.3) is 0 Å². The number of aryl methyl sites for hydroxylation is 1. The molecule has 0 aliphatic rings. The van der Waals surface area contributed by atoms with Gasteiger partial charge in [0.1, 0.15) is 5.75 Å². The van der Waals surface area contributed by atoms with Gasteiger partial charge in [-0.1, -0.05) is 17.7 Å². The van der Waals surface area contributed by atoms with E-state index in [2.05, 4.69) is 35.9 Å². The highest BCUT2D eigenvalue weighted by Gasteiger charge is 2.11. The Bertz CT molecular complexity index is 479. The van der Waals surface area contributed by atoms with Crippen LogP contribution in [0.15, 0.2) is 35.0 Å². The molecule has 0 bridgehead atoms. The first-order valence-electron chi connectivity index (χ1n) is 5.62. The molecule has 2 rings (SSSR count). The Morgan fingerprint density at radius 1 is 1.35 bits per heavy atom. The largest absolute Gasteiger partial charge is 0.496 e. The summed E-state index contributed by atoms with van der Waals surface area (Å²) < 4.78 is 5.37. The van der Waals surface area contributed by atoms with E-state index in [0.717, 1.165) is 12.2 Å². The van der Waals surface area contributed by atoms with Gasteiger partial charge in [-0.25, -0.2) is 0 Å². The van der Waals surface area contributed by atoms with Gasteiger partial charge < -0.3 is 10.5 Å². The third-order valence-electron chi connectivity index (χ3n) is 2.85. The fourth-order valence-corrected chi connectivity index (χ4v) is 2.63. The molecule has 1 atom stereocenters. The highest BCUT2D eigenvalue weighted by Crippen LogP contribution is 2.25. The van der Waals surface area contributed by atoms with Crippen molar-refractivity contribution in [3.8, 4) is 5.75 Å². The molecule has 0 spiro atoms. The normalized spacial score (nSPS) is 12.4. The van der Waals surface area contributed by atoms with Gasteiger partial charge in [0, 0.05) is 6.04 Å². The van der Waals surface area contributed by atoms with Crippen LogP contribution in [0.1, 0.15) is 22.7 Å². The molecular weight excluding hydrogens is 230 g/mol. The van der Waals surface area contributed by atoms with E-state index in [1.165, 1.54) is 16.7 Å². The van der Waals surface area contributed by atoms with Gasteiger partial charge >= 0.3 is 0 Å². The van der Waals surface area contributed by atoms with Crippen LogP contribution in [0.4, 0.5) is 0 Å². The predicted octanol–water partition coefficient (Wildman–Crippen LogP) is 3.31. The Balaban J connectivity index is 2.20. The smallest absolute Gasteiger partial charge is 0.122 e. The number of thiophene rings is 1. The molecule has 2 N–H and O–H groups in total. The van der Waals surface area contributed by atoms with Gasteiger partial charge in [0.05, 0.1) is 7.11 Å². The van der Waals surface area contributed by atoms with Crippen molar-refractivity contribution in [1.29, 1.82) is 0 Å². The van der Waals surface area contributed by atoms with Crippen LogP contribution >= 0.6 is 11.3 Å². The van der Waals surface area contributed by atoms with Crippen molar-refractivity contribution in [2.45, 2.75) is 19.4 Å². The number of methoxy groups -OCH3 is 1. The fraction of sp³-hybridized carbons (Fsp3) is 0.286. The van der Waals surface area contributed by atoms with E-state index in [1.54, 1.807) is 18.4 Å². The summed E-state index contributed by atoms with van der Waals surface area (Å²) in [5, 5.41) is 4.16. The molecule has 1 unspecified atom stereocenters.